The number of H-pyrrole nitrogens is 1. The Hall–Kier alpha value is -2.11. The van der Waals surface area contributed by atoms with Gasteiger partial charge >= 0.3 is 0 Å². The molecule has 0 radical (unpaired) electrons. The van der Waals surface area contributed by atoms with Gasteiger partial charge in [-0.2, -0.15) is 0 Å². The molecule has 3 heterocycles. The lowest BCUT2D eigenvalue weighted by molar-refractivity contribution is 0.0441. The molecule has 1 atom stereocenters. The largest absolute Gasteiger partial charge is 0.376 e. The minimum Gasteiger partial charge on any atom is -0.376 e. The van der Waals surface area contributed by atoms with Crippen molar-refractivity contribution in [3.8, 4) is 0 Å². The lowest BCUT2D eigenvalue weighted by atomic mass is 9.95. The molecule has 0 unspecified atom stereocenters. The predicted octanol–water partition coefficient (Wildman–Crippen LogP) is 3.86. The van der Waals surface area contributed by atoms with Crippen LogP contribution in [-0.2, 0) is 11.3 Å². The van der Waals surface area contributed by atoms with E-state index in [9.17, 15) is 4.79 Å². The number of aryl methyl sites for hydroxylation is 1. The van der Waals surface area contributed by atoms with Gasteiger partial charge < -0.3 is 14.6 Å². The molecule has 156 valence electrons. The average Bonchev–Trinajstić information content (AvgIpc) is 3.44. The molecule has 1 aromatic carbocycles. The molecule has 0 saturated carbocycles. The zero-order valence-electron chi connectivity index (χ0n) is 17.5. The van der Waals surface area contributed by atoms with Gasteiger partial charge in [-0.3, -0.25) is 9.69 Å². The Morgan fingerprint density at radius 1 is 1.14 bits per heavy atom. The van der Waals surface area contributed by atoms with Crippen LogP contribution in [0.4, 0.5) is 0 Å². The fourth-order valence-corrected chi connectivity index (χ4v) is 4.58. The van der Waals surface area contributed by atoms with Gasteiger partial charge in [-0.05, 0) is 74.9 Å². The van der Waals surface area contributed by atoms with Crippen molar-refractivity contribution < 1.29 is 9.53 Å². The van der Waals surface area contributed by atoms with Crippen molar-refractivity contribution in [2.45, 2.75) is 45.3 Å². The van der Waals surface area contributed by atoms with Crippen LogP contribution < -0.4 is 0 Å². The van der Waals surface area contributed by atoms with Gasteiger partial charge in [-0.15, -0.1) is 0 Å². The van der Waals surface area contributed by atoms with Crippen molar-refractivity contribution in [2.24, 2.45) is 5.92 Å². The monoisotopic (exact) mass is 395 g/mol. The molecular weight excluding hydrogens is 362 g/mol. The normalized spacial score (nSPS) is 20.8. The van der Waals surface area contributed by atoms with E-state index < -0.39 is 0 Å². The highest BCUT2D eigenvalue weighted by molar-refractivity contribution is 5.92. The molecule has 1 N–H and O–H groups in total. The first-order chi connectivity index (χ1) is 14.2. The Balaban J connectivity index is 1.33. The first-order valence-corrected chi connectivity index (χ1v) is 11.0. The van der Waals surface area contributed by atoms with E-state index in [0.29, 0.717) is 18.2 Å². The number of aromatic amines is 1. The zero-order chi connectivity index (χ0) is 20.1. The Morgan fingerprint density at radius 2 is 1.97 bits per heavy atom. The third-order valence-corrected chi connectivity index (χ3v) is 6.40. The second-order valence-electron chi connectivity index (χ2n) is 8.57. The smallest absolute Gasteiger partial charge is 0.270 e. The van der Waals surface area contributed by atoms with E-state index in [-0.39, 0.29) is 12.0 Å². The minimum absolute atomic E-state index is 0.104. The van der Waals surface area contributed by atoms with Crippen molar-refractivity contribution in [1.29, 1.82) is 0 Å². The van der Waals surface area contributed by atoms with Crippen molar-refractivity contribution >= 4 is 5.91 Å². The van der Waals surface area contributed by atoms with Crippen molar-refractivity contribution in [1.82, 2.24) is 14.8 Å². The third kappa shape index (κ3) is 5.28. The quantitative estimate of drug-likeness (QED) is 0.775. The molecule has 2 saturated heterocycles. The number of carbonyl (C=O) groups is 1. The molecule has 5 nitrogen and oxygen atoms in total. The third-order valence-electron chi connectivity index (χ3n) is 6.40. The van der Waals surface area contributed by atoms with Crippen LogP contribution in [-0.4, -0.2) is 59.6 Å². The summed E-state index contributed by atoms with van der Waals surface area (Å²) in [5, 5.41) is 0. The summed E-state index contributed by atoms with van der Waals surface area (Å²) in [6, 6.07) is 12.4. The van der Waals surface area contributed by atoms with Gasteiger partial charge in [0.05, 0.1) is 6.10 Å². The number of benzene rings is 1. The number of ether oxygens (including phenoxy) is 1. The summed E-state index contributed by atoms with van der Waals surface area (Å²) in [5.41, 5.74) is 3.47. The van der Waals surface area contributed by atoms with Gasteiger partial charge in [-0.1, -0.05) is 24.3 Å². The maximum absolute atomic E-state index is 13.0. The van der Waals surface area contributed by atoms with Crippen LogP contribution in [0.3, 0.4) is 0 Å². The molecule has 1 aromatic heterocycles. The standard InChI is InChI=1S/C24H33N3O2/c1-19-6-2-3-7-21(19)17-26-13-10-20(11-14-26)16-27(18-22-8-5-15-29-22)24(28)23-9-4-12-25-23/h2-4,6-7,9,12,20,22,25H,5,8,10-11,13-18H2,1H3/t22-/m0/s1. The topological polar surface area (TPSA) is 48.6 Å². The fraction of sp³-hybridized carbons (Fsp3) is 0.542. The van der Waals surface area contributed by atoms with Crippen LogP contribution in [0.1, 0.15) is 47.3 Å². The zero-order valence-corrected chi connectivity index (χ0v) is 17.5. The first kappa shape index (κ1) is 20.2. The van der Waals surface area contributed by atoms with E-state index in [1.54, 1.807) is 0 Å². The number of nitrogens with one attached hydrogen (secondary N) is 1. The molecule has 4 rings (SSSR count). The SMILES string of the molecule is Cc1ccccc1CN1CCC(CN(C[C@@H]2CCCO2)C(=O)c2ccc[nH]2)CC1. The van der Waals surface area contributed by atoms with Gasteiger partial charge in [-0.25, -0.2) is 0 Å². The summed E-state index contributed by atoms with van der Waals surface area (Å²) >= 11 is 0. The molecule has 29 heavy (non-hydrogen) atoms. The van der Waals surface area contributed by atoms with Gasteiger partial charge in [0.15, 0.2) is 0 Å². The van der Waals surface area contributed by atoms with E-state index in [1.807, 2.05) is 23.2 Å². The number of rotatable bonds is 7. The summed E-state index contributed by atoms with van der Waals surface area (Å²) in [7, 11) is 0. The van der Waals surface area contributed by atoms with Crippen molar-refractivity contribution in [3.63, 3.8) is 0 Å². The Labute approximate surface area is 174 Å². The van der Waals surface area contributed by atoms with Gasteiger partial charge in [0.2, 0.25) is 0 Å². The molecule has 2 aliphatic heterocycles. The molecule has 0 spiro atoms. The predicted molar refractivity (Wildman–Crippen MR) is 115 cm³/mol. The molecular formula is C24H33N3O2. The Morgan fingerprint density at radius 3 is 2.66 bits per heavy atom. The highest BCUT2D eigenvalue weighted by Crippen LogP contribution is 2.23. The molecule has 0 aliphatic carbocycles. The average molecular weight is 396 g/mol. The summed E-state index contributed by atoms with van der Waals surface area (Å²) in [6.07, 6.45) is 6.46. The van der Waals surface area contributed by atoms with Gasteiger partial charge in [0, 0.05) is 32.4 Å². The Kier molecular flexibility index (Phi) is 6.67. The number of hydrogen-bond acceptors (Lipinski definition) is 3. The number of carbonyl (C=O) groups excluding carboxylic acids is 1. The Bertz CT molecular complexity index is 775. The molecule has 0 bridgehead atoms. The molecule has 1 amide bonds. The van der Waals surface area contributed by atoms with E-state index in [0.717, 1.165) is 58.5 Å². The lowest BCUT2D eigenvalue weighted by Gasteiger charge is -2.35. The first-order valence-electron chi connectivity index (χ1n) is 11.0. The number of hydrogen-bond donors (Lipinski definition) is 1. The molecule has 2 aliphatic rings. The van der Waals surface area contributed by atoms with Gasteiger partial charge in [0.1, 0.15) is 5.69 Å². The van der Waals surface area contributed by atoms with Crippen LogP contribution >= 0.6 is 0 Å². The molecule has 2 aromatic rings. The van der Waals surface area contributed by atoms with Crippen LogP contribution in [0, 0.1) is 12.8 Å². The van der Waals surface area contributed by atoms with Crippen LogP contribution in [0.2, 0.25) is 0 Å². The second kappa shape index (κ2) is 9.59. The highest BCUT2D eigenvalue weighted by atomic mass is 16.5. The number of amides is 1. The van der Waals surface area contributed by atoms with E-state index in [1.165, 1.54) is 11.1 Å². The number of likely N-dealkylation sites (tertiary alicyclic amines) is 1. The summed E-state index contributed by atoms with van der Waals surface area (Å²) in [6.45, 7) is 7.79. The summed E-state index contributed by atoms with van der Waals surface area (Å²) < 4.78 is 5.82. The second-order valence-corrected chi connectivity index (χ2v) is 8.57. The minimum atomic E-state index is 0.104. The van der Waals surface area contributed by atoms with Crippen LogP contribution in [0.5, 0.6) is 0 Å². The number of nitrogens with zero attached hydrogens (tertiary/aromatic N) is 2. The molecule has 5 heteroatoms. The summed E-state index contributed by atoms with van der Waals surface area (Å²) in [5.74, 6) is 0.663. The van der Waals surface area contributed by atoms with Crippen LogP contribution in [0.25, 0.3) is 0 Å². The fourth-order valence-electron chi connectivity index (χ4n) is 4.58. The number of piperidine rings is 1. The van der Waals surface area contributed by atoms with E-state index in [2.05, 4.69) is 41.1 Å². The summed E-state index contributed by atoms with van der Waals surface area (Å²) in [4.78, 5) is 20.7. The van der Waals surface area contributed by atoms with Crippen LogP contribution in [0.15, 0.2) is 42.6 Å². The molecule has 2 fully saturated rings. The van der Waals surface area contributed by atoms with Crippen molar-refractivity contribution in [3.05, 3.63) is 59.4 Å². The van der Waals surface area contributed by atoms with E-state index >= 15 is 0 Å². The highest BCUT2D eigenvalue weighted by Gasteiger charge is 2.28. The maximum Gasteiger partial charge on any atom is 0.270 e. The number of aromatic nitrogens is 1. The maximum atomic E-state index is 13.0. The van der Waals surface area contributed by atoms with Crippen molar-refractivity contribution in [2.75, 3.05) is 32.8 Å². The van der Waals surface area contributed by atoms with E-state index in [4.69, 9.17) is 4.74 Å². The van der Waals surface area contributed by atoms with Gasteiger partial charge in [0.25, 0.3) is 5.91 Å². The lowest BCUT2D eigenvalue weighted by Crippen LogP contribution is -2.43.